The van der Waals surface area contributed by atoms with Crippen molar-refractivity contribution in [3.05, 3.63) is 90.8 Å². The van der Waals surface area contributed by atoms with Gasteiger partial charge in [0.2, 0.25) is 0 Å². The molecule has 4 rings (SSSR count). The van der Waals surface area contributed by atoms with Gasteiger partial charge in [-0.2, -0.15) is 0 Å². The van der Waals surface area contributed by atoms with Gasteiger partial charge in [-0.3, -0.25) is 9.59 Å². The van der Waals surface area contributed by atoms with Crippen molar-refractivity contribution >= 4 is 22.9 Å². The highest BCUT2D eigenvalue weighted by atomic mass is 16.5. The molecular formula is C23H18N2O3. The molecule has 138 valence electrons. The lowest BCUT2D eigenvalue weighted by molar-refractivity contribution is -0.112. The first-order valence-electron chi connectivity index (χ1n) is 8.84. The van der Waals surface area contributed by atoms with Gasteiger partial charge in [-0.25, -0.2) is 0 Å². The molecule has 5 heteroatoms. The van der Waals surface area contributed by atoms with E-state index >= 15 is 0 Å². The second kappa shape index (κ2) is 7.40. The Morgan fingerprint density at radius 1 is 0.857 bits per heavy atom. The number of methoxy groups -OCH3 is 1. The number of ether oxygens (including phenoxy) is 1. The molecule has 0 saturated carbocycles. The standard InChI is InChI=1S/C23H18N2O3/c1-28-22-18-14-8-9-15-25(18)20(19(22)16-10-4-2-5-11-16)21(26)23(27)24-17-12-6-3-7-13-17/h2-15H,1H3,(H,24,27). The second-order valence-electron chi connectivity index (χ2n) is 6.23. The second-order valence-corrected chi connectivity index (χ2v) is 6.23. The molecule has 0 aliphatic heterocycles. The van der Waals surface area contributed by atoms with E-state index in [2.05, 4.69) is 5.32 Å². The molecule has 28 heavy (non-hydrogen) atoms. The van der Waals surface area contributed by atoms with E-state index in [-0.39, 0.29) is 5.69 Å². The lowest BCUT2D eigenvalue weighted by Crippen LogP contribution is -2.24. The molecule has 0 unspecified atom stereocenters. The van der Waals surface area contributed by atoms with Crippen LogP contribution < -0.4 is 10.1 Å². The number of fused-ring (bicyclic) bond motifs is 1. The smallest absolute Gasteiger partial charge is 0.298 e. The molecular weight excluding hydrogens is 352 g/mol. The molecule has 0 spiro atoms. The summed E-state index contributed by atoms with van der Waals surface area (Å²) in [6, 6.07) is 23.9. The van der Waals surface area contributed by atoms with E-state index in [1.54, 1.807) is 42.0 Å². The van der Waals surface area contributed by atoms with Crippen molar-refractivity contribution in [2.45, 2.75) is 0 Å². The maximum Gasteiger partial charge on any atom is 0.298 e. The third-order valence-electron chi connectivity index (χ3n) is 4.52. The molecule has 5 nitrogen and oxygen atoms in total. The van der Waals surface area contributed by atoms with Crippen molar-refractivity contribution < 1.29 is 14.3 Å². The van der Waals surface area contributed by atoms with Crippen LogP contribution in [0.1, 0.15) is 10.5 Å². The van der Waals surface area contributed by atoms with Crippen molar-refractivity contribution in [3.63, 3.8) is 0 Å². The highest BCUT2D eigenvalue weighted by molar-refractivity contribution is 6.47. The summed E-state index contributed by atoms with van der Waals surface area (Å²) in [5.74, 6) is -0.774. The molecule has 0 saturated heterocycles. The number of hydrogen-bond donors (Lipinski definition) is 1. The lowest BCUT2D eigenvalue weighted by Gasteiger charge is -2.08. The molecule has 2 heterocycles. The summed E-state index contributed by atoms with van der Waals surface area (Å²) in [5.41, 5.74) is 2.96. The summed E-state index contributed by atoms with van der Waals surface area (Å²) < 4.78 is 7.34. The van der Waals surface area contributed by atoms with Gasteiger partial charge in [0.15, 0.2) is 5.75 Å². The number of hydrogen-bond acceptors (Lipinski definition) is 3. The van der Waals surface area contributed by atoms with E-state index in [1.807, 2.05) is 54.6 Å². The summed E-state index contributed by atoms with van der Waals surface area (Å²) >= 11 is 0. The predicted molar refractivity (Wildman–Crippen MR) is 109 cm³/mol. The zero-order valence-electron chi connectivity index (χ0n) is 15.3. The number of pyridine rings is 1. The Balaban J connectivity index is 1.88. The van der Waals surface area contributed by atoms with Gasteiger partial charge >= 0.3 is 0 Å². The molecule has 0 fully saturated rings. The van der Waals surface area contributed by atoms with Gasteiger partial charge in [-0.05, 0) is 29.8 Å². The van der Waals surface area contributed by atoms with E-state index in [1.165, 1.54) is 0 Å². The van der Waals surface area contributed by atoms with Gasteiger partial charge in [0.05, 0.1) is 18.2 Å². The molecule has 0 bridgehead atoms. The summed E-state index contributed by atoms with van der Waals surface area (Å²) in [6.45, 7) is 0. The number of Topliss-reactive ketones (excluding diaryl/α,β-unsaturated/α-hetero) is 1. The van der Waals surface area contributed by atoms with Gasteiger partial charge in [0.1, 0.15) is 5.69 Å². The van der Waals surface area contributed by atoms with E-state index in [0.29, 0.717) is 17.0 Å². The fourth-order valence-electron chi connectivity index (χ4n) is 3.30. The van der Waals surface area contributed by atoms with Crippen molar-refractivity contribution in [2.75, 3.05) is 12.4 Å². The van der Waals surface area contributed by atoms with Gasteiger partial charge in [0.25, 0.3) is 11.7 Å². The van der Waals surface area contributed by atoms with E-state index in [0.717, 1.165) is 11.1 Å². The Bertz CT molecular complexity index is 1150. The van der Waals surface area contributed by atoms with Crippen LogP contribution in [0.15, 0.2) is 85.1 Å². The number of benzene rings is 2. The first kappa shape index (κ1) is 17.5. The first-order valence-corrected chi connectivity index (χ1v) is 8.84. The number of aromatic nitrogens is 1. The minimum atomic E-state index is -0.700. The Kier molecular flexibility index (Phi) is 4.64. The Morgan fingerprint density at radius 3 is 2.18 bits per heavy atom. The van der Waals surface area contributed by atoms with Crippen LogP contribution in [0.3, 0.4) is 0 Å². The number of para-hydroxylation sites is 1. The topological polar surface area (TPSA) is 59.8 Å². The highest BCUT2D eigenvalue weighted by Crippen LogP contribution is 2.39. The lowest BCUT2D eigenvalue weighted by atomic mass is 10.0. The maximum absolute atomic E-state index is 13.2. The molecule has 0 aliphatic rings. The summed E-state index contributed by atoms with van der Waals surface area (Å²) in [4.78, 5) is 25.9. The normalized spacial score (nSPS) is 10.6. The third kappa shape index (κ3) is 3.03. The first-order chi connectivity index (χ1) is 13.7. The molecule has 1 amide bonds. The van der Waals surface area contributed by atoms with Crippen molar-refractivity contribution in [3.8, 4) is 16.9 Å². The molecule has 2 aromatic carbocycles. The Morgan fingerprint density at radius 2 is 1.50 bits per heavy atom. The minimum absolute atomic E-state index is 0.270. The number of rotatable bonds is 5. The fourth-order valence-corrected chi connectivity index (χ4v) is 3.30. The number of carbonyl (C=O) groups excluding carboxylic acids is 2. The summed E-state index contributed by atoms with van der Waals surface area (Å²) in [6.07, 6.45) is 1.76. The van der Waals surface area contributed by atoms with Gasteiger partial charge in [-0.1, -0.05) is 54.6 Å². The number of nitrogens with one attached hydrogen (secondary N) is 1. The highest BCUT2D eigenvalue weighted by Gasteiger charge is 2.29. The zero-order valence-corrected chi connectivity index (χ0v) is 15.3. The van der Waals surface area contributed by atoms with E-state index in [9.17, 15) is 9.59 Å². The molecule has 0 aliphatic carbocycles. The number of nitrogens with zero attached hydrogens (tertiary/aromatic N) is 1. The van der Waals surface area contributed by atoms with Crippen molar-refractivity contribution in [1.29, 1.82) is 0 Å². The van der Waals surface area contributed by atoms with Crippen molar-refractivity contribution in [2.24, 2.45) is 0 Å². The number of amides is 1. The number of anilines is 1. The van der Waals surface area contributed by atoms with Crippen LogP contribution >= 0.6 is 0 Å². The number of ketones is 1. The van der Waals surface area contributed by atoms with Crippen LogP contribution in [0.25, 0.3) is 16.6 Å². The SMILES string of the molecule is COc1c(-c2ccccc2)c(C(=O)C(=O)Nc2ccccc2)n2ccccc12. The van der Waals surface area contributed by atoms with Gasteiger partial charge in [0, 0.05) is 11.9 Å². The largest absolute Gasteiger partial charge is 0.494 e. The van der Waals surface area contributed by atoms with Gasteiger partial charge in [-0.15, -0.1) is 0 Å². The molecule has 0 radical (unpaired) electrons. The Labute approximate surface area is 162 Å². The van der Waals surface area contributed by atoms with Crippen LogP contribution in [-0.4, -0.2) is 23.2 Å². The maximum atomic E-state index is 13.2. The monoisotopic (exact) mass is 370 g/mol. The van der Waals surface area contributed by atoms with E-state index < -0.39 is 11.7 Å². The minimum Gasteiger partial charge on any atom is -0.494 e. The van der Waals surface area contributed by atoms with Gasteiger partial charge < -0.3 is 14.5 Å². The van der Waals surface area contributed by atoms with Crippen LogP contribution in [0.4, 0.5) is 5.69 Å². The quantitative estimate of drug-likeness (QED) is 0.417. The van der Waals surface area contributed by atoms with Crippen molar-refractivity contribution in [1.82, 2.24) is 4.40 Å². The molecule has 0 atom stereocenters. The molecule has 1 N–H and O–H groups in total. The number of carbonyl (C=O) groups is 2. The molecule has 4 aromatic rings. The van der Waals surface area contributed by atoms with Crippen LogP contribution in [0.5, 0.6) is 5.75 Å². The fraction of sp³-hybridized carbons (Fsp3) is 0.0435. The van der Waals surface area contributed by atoms with E-state index in [4.69, 9.17) is 4.74 Å². The van der Waals surface area contributed by atoms with Crippen LogP contribution in [0.2, 0.25) is 0 Å². The summed E-state index contributed by atoms with van der Waals surface area (Å²) in [7, 11) is 1.56. The summed E-state index contributed by atoms with van der Waals surface area (Å²) in [5, 5.41) is 2.67. The Hall–Kier alpha value is -3.86. The molecule has 2 aromatic heterocycles. The zero-order chi connectivity index (χ0) is 19.5. The third-order valence-corrected chi connectivity index (χ3v) is 4.52. The predicted octanol–water partition coefficient (Wildman–Crippen LogP) is 4.44. The van der Waals surface area contributed by atoms with Crippen LogP contribution in [0, 0.1) is 0 Å². The van der Waals surface area contributed by atoms with Crippen LogP contribution in [-0.2, 0) is 4.79 Å². The average Bonchev–Trinajstić information content (AvgIpc) is 3.08. The average molecular weight is 370 g/mol.